The summed E-state index contributed by atoms with van der Waals surface area (Å²) in [7, 11) is 0. The Balaban J connectivity index is 3.22. The predicted octanol–water partition coefficient (Wildman–Crippen LogP) is 3.82. The second kappa shape index (κ2) is 10.4. The molecule has 1 unspecified atom stereocenters. The van der Waals surface area contributed by atoms with E-state index in [9.17, 15) is 5.11 Å². The van der Waals surface area contributed by atoms with Gasteiger partial charge in [-0.15, -0.1) is 0 Å². The standard InChI is InChI=1S/C13H27O2/c1-4-13(12(2)3)15-11-9-7-5-6-8-10-14/h12-13H,4-11H2,1-3H3. The number of unbranched alkanes of at least 4 members (excludes halogenated alkanes) is 4. The first-order valence-corrected chi connectivity index (χ1v) is 6.42. The molecule has 0 aromatic carbocycles. The minimum absolute atomic E-state index is 0.0851. The molecular formula is C13H27O2. The summed E-state index contributed by atoms with van der Waals surface area (Å²) >= 11 is 0. The molecular weight excluding hydrogens is 188 g/mol. The van der Waals surface area contributed by atoms with Crippen LogP contribution in [0.15, 0.2) is 0 Å². The van der Waals surface area contributed by atoms with Crippen molar-refractivity contribution in [3.05, 3.63) is 0 Å². The molecule has 0 aliphatic carbocycles. The molecule has 0 fully saturated rings. The van der Waals surface area contributed by atoms with E-state index in [2.05, 4.69) is 20.8 Å². The van der Waals surface area contributed by atoms with Crippen LogP contribution < -0.4 is 0 Å². The van der Waals surface area contributed by atoms with Gasteiger partial charge in [-0.3, -0.25) is 0 Å². The molecule has 0 aromatic heterocycles. The normalized spacial score (nSPS) is 13.4. The summed E-state index contributed by atoms with van der Waals surface area (Å²) in [6.45, 7) is 7.57. The van der Waals surface area contributed by atoms with Crippen molar-refractivity contribution in [1.82, 2.24) is 0 Å². The molecule has 2 nitrogen and oxygen atoms in total. The number of ether oxygens (including phenoxy) is 1. The van der Waals surface area contributed by atoms with Gasteiger partial charge in [0.05, 0.1) is 12.7 Å². The molecule has 0 heterocycles. The third-order valence-electron chi connectivity index (χ3n) is 2.77. The second-order valence-corrected chi connectivity index (χ2v) is 4.53. The van der Waals surface area contributed by atoms with Gasteiger partial charge >= 0.3 is 0 Å². The van der Waals surface area contributed by atoms with Gasteiger partial charge in [-0.2, -0.15) is 0 Å². The minimum atomic E-state index is 0.0851. The van der Waals surface area contributed by atoms with Crippen molar-refractivity contribution in [2.24, 2.45) is 5.92 Å². The smallest absolute Gasteiger partial charge is 0.0822 e. The van der Waals surface area contributed by atoms with E-state index in [1.54, 1.807) is 0 Å². The lowest BCUT2D eigenvalue weighted by molar-refractivity contribution is 0.0179. The quantitative estimate of drug-likeness (QED) is 0.509. The molecule has 2 heteroatoms. The van der Waals surface area contributed by atoms with Crippen molar-refractivity contribution < 1.29 is 9.84 Å². The molecule has 1 atom stereocenters. The van der Waals surface area contributed by atoms with Gasteiger partial charge in [0.25, 0.3) is 0 Å². The molecule has 15 heavy (non-hydrogen) atoms. The van der Waals surface area contributed by atoms with E-state index in [4.69, 9.17) is 4.74 Å². The van der Waals surface area contributed by atoms with Crippen LogP contribution in [0.2, 0.25) is 0 Å². The first kappa shape index (κ1) is 14.9. The molecule has 0 saturated carbocycles. The fourth-order valence-electron chi connectivity index (χ4n) is 1.75. The van der Waals surface area contributed by atoms with Crippen molar-refractivity contribution >= 4 is 0 Å². The predicted molar refractivity (Wildman–Crippen MR) is 63.5 cm³/mol. The van der Waals surface area contributed by atoms with Gasteiger partial charge in [0.1, 0.15) is 0 Å². The molecule has 0 aliphatic heterocycles. The highest BCUT2D eigenvalue weighted by molar-refractivity contribution is 4.59. The summed E-state index contributed by atoms with van der Waals surface area (Å²) in [5, 5.41) is 10.2. The van der Waals surface area contributed by atoms with E-state index in [1.165, 1.54) is 12.8 Å². The third kappa shape index (κ3) is 8.88. The topological polar surface area (TPSA) is 29.1 Å². The Labute approximate surface area is 95.0 Å². The van der Waals surface area contributed by atoms with Crippen molar-refractivity contribution in [2.75, 3.05) is 13.2 Å². The maximum Gasteiger partial charge on any atom is 0.0822 e. The van der Waals surface area contributed by atoms with Crippen LogP contribution in [0, 0.1) is 5.92 Å². The van der Waals surface area contributed by atoms with Crippen molar-refractivity contribution in [3.63, 3.8) is 0 Å². The summed E-state index contributed by atoms with van der Waals surface area (Å²) in [5.74, 6) is 0.621. The number of rotatable bonds is 10. The van der Waals surface area contributed by atoms with Gasteiger partial charge in [-0.25, -0.2) is 5.11 Å². The molecule has 0 amide bonds. The zero-order chi connectivity index (χ0) is 11.5. The monoisotopic (exact) mass is 215 g/mol. The number of hydrogen-bond acceptors (Lipinski definition) is 1. The van der Waals surface area contributed by atoms with E-state index in [1.807, 2.05) is 0 Å². The summed E-state index contributed by atoms with van der Waals surface area (Å²) in [6, 6.07) is 0. The largest absolute Gasteiger partial charge is 0.378 e. The van der Waals surface area contributed by atoms with Crippen LogP contribution in [0.3, 0.4) is 0 Å². The SMILES string of the molecule is CCC(OCCCCCCC[O])C(C)C. The van der Waals surface area contributed by atoms with Gasteiger partial charge in [0, 0.05) is 6.61 Å². The second-order valence-electron chi connectivity index (χ2n) is 4.53. The first-order chi connectivity index (χ1) is 7.22. The van der Waals surface area contributed by atoms with Crippen LogP contribution in [-0.2, 0) is 9.84 Å². The van der Waals surface area contributed by atoms with Crippen LogP contribution in [0.5, 0.6) is 0 Å². The van der Waals surface area contributed by atoms with E-state index >= 15 is 0 Å². The molecule has 0 aliphatic rings. The Morgan fingerprint density at radius 2 is 1.60 bits per heavy atom. The third-order valence-corrected chi connectivity index (χ3v) is 2.77. The van der Waals surface area contributed by atoms with E-state index in [0.29, 0.717) is 12.0 Å². The summed E-state index contributed by atoms with van der Waals surface area (Å²) in [4.78, 5) is 0. The van der Waals surface area contributed by atoms with Crippen molar-refractivity contribution in [3.8, 4) is 0 Å². The minimum Gasteiger partial charge on any atom is -0.378 e. The van der Waals surface area contributed by atoms with Gasteiger partial charge in [-0.1, -0.05) is 40.0 Å². The molecule has 0 aromatic rings. The van der Waals surface area contributed by atoms with Crippen LogP contribution in [0.25, 0.3) is 0 Å². The average Bonchev–Trinajstić information content (AvgIpc) is 2.21. The Kier molecular flexibility index (Phi) is 10.4. The van der Waals surface area contributed by atoms with E-state index in [0.717, 1.165) is 32.3 Å². The maximum atomic E-state index is 10.2. The molecule has 0 bridgehead atoms. The number of hydrogen-bond donors (Lipinski definition) is 0. The van der Waals surface area contributed by atoms with Crippen molar-refractivity contribution in [1.29, 1.82) is 0 Å². The highest BCUT2D eigenvalue weighted by atomic mass is 16.5. The summed E-state index contributed by atoms with van der Waals surface area (Å²) in [5.41, 5.74) is 0. The Morgan fingerprint density at radius 1 is 1.00 bits per heavy atom. The molecule has 0 spiro atoms. The summed E-state index contributed by atoms with van der Waals surface area (Å²) in [6.07, 6.45) is 6.98. The Bertz CT molecular complexity index is 124. The molecule has 0 saturated heterocycles. The van der Waals surface area contributed by atoms with Crippen LogP contribution in [-0.4, -0.2) is 19.3 Å². The summed E-state index contributed by atoms with van der Waals surface area (Å²) < 4.78 is 5.80. The lowest BCUT2D eigenvalue weighted by atomic mass is 10.1. The highest BCUT2D eigenvalue weighted by Crippen LogP contribution is 2.11. The fourth-order valence-corrected chi connectivity index (χ4v) is 1.75. The lowest BCUT2D eigenvalue weighted by Crippen LogP contribution is -2.19. The lowest BCUT2D eigenvalue weighted by Gasteiger charge is -2.19. The molecule has 91 valence electrons. The Morgan fingerprint density at radius 3 is 2.13 bits per heavy atom. The zero-order valence-electron chi connectivity index (χ0n) is 10.6. The van der Waals surface area contributed by atoms with Crippen LogP contribution in [0.4, 0.5) is 0 Å². The molecule has 1 radical (unpaired) electrons. The fraction of sp³-hybridized carbons (Fsp3) is 1.00. The highest BCUT2D eigenvalue weighted by Gasteiger charge is 2.10. The maximum absolute atomic E-state index is 10.2. The van der Waals surface area contributed by atoms with E-state index in [-0.39, 0.29) is 6.61 Å². The van der Waals surface area contributed by atoms with Gasteiger partial charge in [0.15, 0.2) is 0 Å². The van der Waals surface area contributed by atoms with Crippen LogP contribution >= 0.6 is 0 Å². The zero-order valence-corrected chi connectivity index (χ0v) is 10.6. The molecule has 0 N–H and O–H groups in total. The van der Waals surface area contributed by atoms with Gasteiger partial charge < -0.3 is 4.74 Å². The van der Waals surface area contributed by atoms with Crippen molar-refractivity contribution in [2.45, 2.75) is 65.4 Å². The average molecular weight is 215 g/mol. The van der Waals surface area contributed by atoms with E-state index < -0.39 is 0 Å². The van der Waals surface area contributed by atoms with Gasteiger partial charge in [0.2, 0.25) is 0 Å². The van der Waals surface area contributed by atoms with Gasteiger partial charge in [-0.05, 0) is 25.2 Å². The molecule has 0 rings (SSSR count). The van der Waals surface area contributed by atoms with Crippen LogP contribution in [0.1, 0.15) is 59.3 Å². The first-order valence-electron chi connectivity index (χ1n) is 6.42. The Hall–Kier alpha value is -0.0800.